The van der Waals surface area contributed by atoms with E-state index in [1.807, 2.05) is 30.3 Å². The fourth-order valence-corrected chi connectivity index (χ4v) is 2.36. The molecule has 0 aliphatic heterocycles. The molecule has 0 saturated heterocycles. The molecule has 2 nitrogen and oxygen atoms in total. The summed E-state index contributed by atoms with van der Waals surface area (Å²) < 4.78 is 2.95. The first-order valence-electron chi connectivity index (χ1n) is 3.60. The van der Waals surface area contributed by atoms with Crippen molar-refractivity contribution in [2.75, 3.05) is 0 Å². The van der Waals surface area contributed by atoms with E-state index in [1.165, 1.54) is 11.3 Å². The second-order valence-corrected chi connectivity index (χ2v) is 4.65. The number of hydrogen-bond acceptors (Lipinski definition) is 3. The molecule has 0 aliphatic rings. The molecular formula is C8H5KN2S3. The third kappa shape index (κ3) is 2.93. The van der Waals surface area contributed by atoms with Gasteiger partial charge in [-0.25, -0.2) is 0 Å². The van der Waals surface area contributed by atoms with Gasteiger partial charge in [0.05, 0.1) is 0 Å². The number of nitrogens with zero attached hydrogens (tertiary/aromatic N) is 2. The van der Waals surface area contributed by atoms with Crippen LogP contribution in [-0.4, -0.2) is 4.68 Å². The summed E-state index contributed by atoms with van der Waals surface area (Å²) in [4.78, 5) is 0. The van der Waals surface area contributed by atoms with Crippen molar-refractivity contribution in [1.82, 2.24) is 9.78 Å². The topological polar surface area (TPSA) is 19.0 Å². The largest absolute Gasteiger partial charge is 1.00 e. The van der Waals surface area contributed by atoms with Gasteiger partial charge in [0.2, 0.25) is 0 Å². The van der Waals surface area contributed by atoms with Crippen LogP contribution in [0.2, 0.25) is 0 Å². The first-order chi connectivity index (χ1) is 6.27. The van der Waals surface area contributed by atoms with Gasteiger partial charge in [0.1, 0.15) is 3.95 Å². The Labute approximate surface area is 138 Å². The molecule has 66 valence electrons. The van der Waals surface area contributed by atoms with Crippen LogP contribution in [0.25, 0.3) is 5.69 Å². The van der Waals surface area contributed by atoms with Gasteiger partial charge in [-0.1, -0.05) is 30.4 Å². The van der Waals surface area contributed by atoms with Crippen molar-refractivity contribution in [3.05, 3.63) is 38.2 Å². The molecule has 0 unspecified atom stereocenters. The molecule has 0 N–H and O–H groups in total. The van der Waals surface area contributed by atoms with Crippen LogP contribution < -0.4 is 56.5 Å². The Bertz CT molecular complexity index is 511. The number of para-hydroxylation sites is 1. The molecule has 2 rings (SSSR count). The van der Waals surface area contributed by atoms with Gasteiger partial charge in [0, 0.05) is 9.64 Å². The van der Waals surface area contributed by atoms with Crippen LogP contribution in [0.3, 0.4) is 0 Å². The number of rotatable bonds is 1. The van der Waals surface area contributed by atoms with Crippen LogP contribution in [-0.2, 0) is 0 Å². The molecule has 0 radical (unpaired) electrons. The quantitative estimate of drug-likeness (QED) is 0.532. The Balaban J connectivity index is 0.000000980. The standard InChI is InChI=1S/C8H6N2S3.K/c11-7-9-10(8(12)13-7)6-4-2-1-3-5-6;/h1-5H,(H,9,11);/q;+1/p-1. The van der Waals surface area contributed by atoms with Gasteiger partial charge in [-0.15, -0.1) is 11.3 Å². The predicted molar refractivity (Wildman–Crippen MR) is 58.6 cm³/mol. The Hall–Kier alpha value is 0.856. The van der Waals surface area contributed by atoms with E-state index in [2.05, 4.69) is 5.10 Å². The van der Waals surface area contributed by atoms with Gasteiger partial charge >= 0.3 is 51.4 Å². The summed E-state index contributed by atoms with van der Waals surface area (Å²) in [5.74, 6) is 0. The summed E-state index contributed by atoms with van der Waals surface area (Å²) in [5.41, 5.74) is 0.958. The second kappa shape index (κ2) is 5.81. The summed E-state index contributed by atoms with van der Waals surface area (Å²) in [7, 11) is 0. The molecule has 2 aromatic rings. The van der Waals surface area contributed by atoms with E-state index in [1.54, 1.807) is 4.68 Å². The van der Waals surface area contributed by atoms with Crippen LogP contribution in [0.4, 0.5) is 0 Å². The van der Waals surface area contributed by atoms with E-state index in [0.717, 1.165) is 5.69 Å². The van der Waals surface area contributed by atoms with E-state index < -0.39 is 0 Å². The Morgan fingerprint density at radius 1 is 1.14 bits per heavy atom. The molecule has 0 atom stereocenters. The average molecular weight is 264 g/mol. The van der Waals surface area contributed by atoms with E-state index >= 15 is 0 Å². The first kappa shape index (κ1) is 12.9. The molecule has 1 heterocycles. The van der Waals surface area contributed by atoms with E-state index in [4.69, 9.17) is 24.4 Å². The third-order valence-corrected chi connectivity index (χ3v) is 2.89. The minimum atomic E-state index is 0. The zero-order valence-corrected chi connectivity index (χ0v) is 13.1. The average Bonchev–Trinajstić information content (AvgIpc) is 2.47. The van der Waals surface area contributed by atoms with Crippen LogP contribution in [0.5, 0.6) is 0 Å². The maximum absolute atomic E-state index is 5.11. The zero-order chi connectivity index (χ0) is 9.26. The number of aromatic nitrogens is 2. The summed E-state index contributed by atoms with van der Waals surface area (Å²) in [5, 5.41) is 4.13. The molecule has 0 aliphatic carbocycles. The smallest absolute Gasteiger partial charge is 0.571 e. The normalized spacial score (nSPS) is 9.43. The summed E-state index contributed by atoms with van der Waals surface area (Å²) in [6.07, 6.45) is 0. The summed E-state index contributed by atoms with van der Waals surface area (Å²) in [6.45, 7) is 0. The Morgan fingerprint density at radius 3 is 2.29 bits per heavy atom. The molecule has 0 fully saturated rings. The molecule has 0 bridgehead atoms. The van der Waals surface area contributed by atoms with Crippen molar-refractivity contribution in [2.45, 2.75) is 0 Å². The monoisotopic (exact) mass is 264 g/mol. The van der Waals surface area contributed by atoms with Crippen LogP contribution in [0.1, 0.15) is 0 Å². The predicted octanol–water partition coefficient (Wildman–Crippen LogP) is -0.0410. The summed E-state index contributed by atoms with van der Waals surface area (Å²) >= 11 is 11.4. The maximum Gasteiger partial charge on any atom is 1.00 e. The van der Waals surface area contributed by atoms with Crippen LogP contribution in [0, 0.1) is 7.91 Å². The molecule has 1 aromatic heterocycles. The minimum absolute atomic E-state index is 0. The molecule has 1 aromatic carbocycles. The Morgan fingerprint density at radius 2 is 1.79 bits per heavy atom. The fraction of sp³-hybridized carbons (Fsp3) is 0. The molecular weight excluding hydrogens is 259 g/mol. The molecule has 14 heavy (non-hydrogen) atoms. The van der Waals surface area contributed by atoms with Gasteiger partial charge in [0.25, 0.3) is 0 Å². The van der Waals surface area contributed by atoms with E-state index in [0.29, 0.717) is 7.91 Å². The van der Waals surface area contributed by atoms with Crippen molar-refractivity contribution in [2.24, 2.45) is 0 Å². The number of benzene rings is 1. The van der Waals surface area contributed by atoms with Crippen molar-refractivity contribution >= 4 is 35.8 Å². The van der Waals surface area contributed by atoms with Crippen molar-refractivity contribution in [3.8, 4) is 5.69 Å². The summed E-state index contributed by atoms with van der Waals surface area (Å²) in [6, 6.07) is 9.74. The SMILES string of the molecule is S=c1[n-]n(-c2ccccc2)c(=S)s1.[K+]. The van der Waals surface area contributed by atoms with E-state index in [9.17, 15) is 0 Å². The number of hydrogen-bond donors (Lipinski definition) is 0. The van der Waals surface area contributed by atoms with Gasteiger partial charge in [0.15, 0.2) is 0 Å². The molecule has 0 saturated carbocycles. The molecule has 6 heteroatoms. The van der Waals surface area contributed by atoms with Crippen molar-refractivity contribution in [3.63, 3.8) is 0 Å². The van der Waals surface area contributed by atoms with Gasteiger partial charge in [-0.2, -0.15) is 0 Å². The van der Waals surface area contributed by atoms with Gasteiger partial charge in [-0.05, 0) is 24.4 Å². The third-order valence-electron chi connectivity index (χ3n) is 1.53. The van der Waals surface area contributed by atoms with Crippen molar-refractivity contribution in [1.29, 1.82) is 0 Å². The molecule has 0 amide bonds. The van der Waals surface area contributed by atoms with E-state index in [-0.39, 0.29) is 51.4 Å². The first-order valence-corrected chi connectivity index (χ1v) is 5.23. The minimum Gasteiger partial charge on any atom is -0.571 e. The maximum atomic E-state index is 5.11. The molecule has 0 spiro atoms. The van der Waals surface area contributed by atoms with Crippen molar-refractivity contribution < 1.29 is 51.4 Å². The van der Waals surface area contributed by atoms with Crippen LogP contribution in [0.15, 0.2) is 30.3 Å². The Kier molecular flexibility index (Phi) is 5.36. The van der Waals surface area contributed by atoms with Gasteiger partial charge < -0.3 is 9.78 Å². The van der Waals surface area contributed by atoms with Gasteiger partial charge in [-0.3, -0.25) is 0 Å². The second-order valence-electron chi connectivity index (χ2n) is 2.38. The fourth-order valence-electron chi connectivity index (χ4n) is 0.993. The zero-order valence-electron chi connectivity index (χ0n) is 7.51. The van der Waals surface area contributed by atoms with Crippen LogP contribution >= 0.6 is 35.8 Å².